The number of piperazine rings is 1. The lowest BCUT2D eigenvalue weighted by molar-refractivity contribution is -0.130. The van der Waals surface area contributed by atoms with Crippen molar-refractivity contribution in [2.45, 2.75) is 27.3 Å². The van der Waals surface area contributed by atoms with E-state index in [0.29, 0.717) is 25.3 Å². The van der Waals surface area contributed by atoms with Gasteiger partial charge in [0, 0.05) is 53.5 Å². The predicted octanol–water partition coefficient (Wildman–Crippen LogP) is 1.25. The largest absolute Gasteiger partial charge is 0.340 e. The van der Waals surface area contributed by atoms with E-state index in [0.717, 1.165) is 18.7 Å². The number of benzene rings is 1. The van der Waals surface area contributed by atoms with E-state index in [1.165, 1.54) is 18.7 Å². The molecule has 0 aliphatic carbocycles. The van der Waals surface area contributed by atoms with Crippen LogP contribution in [0.2, 0.25) is 0 Å². The van der Waals surface area contributed by atoms with Crippen molar-refractivity contribution in [1.82, 2.24) is 9.80 Å². The fourth-order valence-electron chi connectivity index (χ4n) is 2.89. The minimum atomic E-state index is -0.286. The van der Waals surface area contributed by atoms with Crippen LogP contribution in [0.1, 0.15) is 26.3 Å². The minimum Gasteiger partial charge on any atom is -0.340 e. The first-order chi connectivity index (χ1) is 10.9. The van der Waals surface area contributed by atoms with Crippen molar-refractivity contribution in [3.63, 3.8) is 0 Å². The Morgan fingerprint density at radius 3 is 2.04 bits per heavy atom. The Hall–Kier alpha value is -2.21. The van der Waals surface area contributed by atoms with E-state index in [4.69, 9.17) is 0 Å². The lowest BCUT2D eigenvalue weighted by atomic mass is 10.1. The van der Waals surface area contributed by atoms with Crippen LogP contribution in [0.3, 0.4) is 0 Å². The molecule has 0 bridgehead atoms. The third-order valence-corrected chi connectivity index (χ3v) is 4.07. The quantitative estimate of drug-likeness (QED) is 0.842. The summed E-state index contributed by atoms with van der Waals surface area (Å²) in [5.74, 6) is -0.470. The molecular weight excluding hydrogens is 294 g/mol. The molecule has 1 aromatic rings. The number of amides is 3. The normalized spacial score (nSPS) is 15.3. The number of imide groups is 1. The number of hydrogen-bond acceptors (Lipinski definition) is 4. The van der Waals surface area contributed by atoms with Crippen LogP contribution < -0.4 is 4.90 Å². The highest BCUT2D eigenvalue weighted by Crippen LogP contribution is 2.23. The second-order valence-electron chi connectivity index (χ2n) is 5.78. The second kappa shape index (κ2) is 7.37. The average Bonchev–Trinajstić information content (AvgIpc) is 2.49. The molecule has 2 rings (SSSR count). The number of hydrogen-bond donors (Lipinski definition) is 0. The Morgan fingerprint density at radius 1 is 0.957 bits per heavy atom. The van der Waals surface area contributed by atoms with Crippen LogP contribution in [0.25, 0.3) is 0 Å². The van der Waals surface area contributed by atoms with Crippen LogP contribution in [0.15, 0.2) is 24.3 Å². The van der Waals surface area contributed by atoms with Gasteiger partial charge < -0.3 is 4.90 Å². The smallest absolute Gasteiger partial charge is 0.230 e. The Balaban J connectivity index is 2.14. The molecule has 1 aliphatic heterocycles. The van der Waals surface area contributed by atoms with E-state index < -0.39 is 0 Å². The Bertz CT molecular complexity index is 593. The Kier molecular flexibility index (Phi) is 5.50. The number of carbonyl (C=O) groups is 3. The summed E-state index contributed by atoms with van der Waals surface area (Å²) in [4.78, 5) is 40.2. The first-order valence-electron chi connectivity index (χ1n) is 7.77. The molecule has 1 saturated heterocycles. The number of para-hydroxylation sites is 1. The summed E-state index contributed by atoms with van der Waals surface area (Å²) >= 11 is 0. The lowest BCUT2D eigenvalue weighted by Gasteiger charge is -2.34. The molecule has 6 heteroatoms. The topological polar surface area (TPSA) is 60.9 Å². The van der Waals surface area contributed by atoms with Crippen LogP contribution in [-0.2, 0) is 20.9 Å². The molecule has 0 radical (unpaired) electrons. The molecule has 1 heterocycles. The molecule has 1 aromatic carbocycles. The zero-order valence-corrected chi connectivity index (χ0v) is 13.9. The van der Waals surface area contributed by atoms with Crippen molar-refractivity contribution in [2.75, 3.05) is 31.1 Å². The molecule has 3 amide bonds. The first kappa shape index (κ1) is 17.1. The van der Waals surface area contributed by atoms with Crippen molar-refractivity contribution in [1.29, 1.82) is 0 Å². The van der Waals surface area contributed by atoms with Crippen LogP contribution in [0, 0.1) is 0 Å². The third-order valence-electron chi connectivity index (χ3n) is 4.07. The number of carbonyl (C=O) groups excluding carboxylic acids is 3. The fraction of sp³-hybridized carbons (Fsp3) is 0.471. The molecule has 0 saturated carbocycles. The van der Waals surface area contributed by atoms with E-state index in [1.54, 1.807) is 13.0 Å². The minimum absolute atomic E-state index is 0.101. The monoisotopic (exact) mass is 317 g/mol. The molecular formula is C17H23N3O3. The van der Waals surface area contributed by atoms with Gasteiger partial charge in [0.05, 0.1) is 5.69 Å². The maximum Gasteiger partial charge on any atom is 0.230 e. The van der Waals surface area contributed by atoms with Crippen molar-refractivity contribution in [3.8, 4) is 0 Å². The predicted molar refractivity (Wildman–Crippen MR) is 87.8 cm³/mol. The number of nitrogens with zero attached hydrogens (tertiary/aromatic N) is 3. The summed E-state index contributed by atoms with van der Waals surface area (Å²) in [6, 6.07) is 7.46. The van der Waals surface area contributed by atoms with Crippen molar-refractivity contribution >= 4 is 23.4 Å². The molecule has 124 valence electrons. The van der Waals surface area contributed by atoms with Gasteiger partial charge in [-0.05, 0) is 11.6 Å². The molecule has 6 nitrogen and oxygen atoms in total. The van der Waals surface area contributed by atoms with Gasteiger partial charge in [0.2, 0.25) is 17.7 Å². The van der Waals surface area contributed by atoms with Crippen molar-refractivity contribution in [3.05, 3.63) is 29.8 Å². The SMILES string of the molecule is CC(=O)N1CCN(Cc2ccccc2N(C(C)=O)C(C)=O)CC1. The van der Waals surface area contributed by atoms with Gasteiger partial charge in [-0.15, -0.1) is 0 Å². The van der Waals surface area contributed by atoms with Crippen LogP contribution >= 0.6 is 0 Å². The van der Waals surface area contributed by atoms with E-state index >= 15 is 0 Å². The van der Waals surface area contributed by atoms with Crippen LogP contribution in [0.4, 0.5) is 5.69 Å². The maximum absolute atomic E-state index is 11.8. The maximum atomic E-state index is 11.8. The van der Waals surface area contributed by atoms with Gasteiger partial charge in [0.15, 0.2) is 0 Å². The van der Waals surface area contributed by atoms with Gasteiger partial charge in [-0.25, -0.2) is 0 Å². The molecule has 0 aromatic heterocycles. The van der Waals surface area contributed by atoms with E-state index in [2.05, 4.69) is 4.90 Å². The second-order valence-corrected chi connectivity index (χ2v) is 5.78. The van der Waals surface area contributed by atoms with Gasteiger partial charge in [0.1, 0.15) is 0 Å². The molecule has 1 fully saturated rings. The Labute approximate surface area is 136 Å². The summed E-state index contributed by atoms with van der Waals surface area (Å²) in [6.07, 6.45) is 0. The average molecular weight is 317 g/mol. The number of rotatable bonds is 3. The number of anilines is 1. The van der Waals surface area contributed by atoms with Crippen LogP contribution in [0.5, 0.6) is 0 Å². The van der Waals surface area contributed by atoms with Crippen molar-refractivity contribution < 1.29 is 14.4 Å². The highest BCUT2D eigenvalue weighted by molar-refractivity contribution is 6.13. The molecule has 0 unspecified atom stereocenters. The van der Waals surface area contributed by atoms with Crippen molar-refractivity contribution in [2.24, 2.45) is 0 Å². The highest BCUT2D eigenvalue weighted by Gasteiger charge is 2.22. The van der Waals surface area contributed by atoms with Gasteiger partial charge in [-0.3, -0.25) is 24.2 Å². The lowest BCUT2D eigenvalue weighted by Crippen LogP contribution is -2.47. The van der Waals surface area contributed by atoms with Crippen LogP contribution in [-0.4, -0.2) is 53.7 Å². The highest BCUT2D eigenvalue weighted by atomic mass is 16.2. The standard InChI is InChI=1S/C17H23N3O3/c1-13(21)19-10-8-18(9-11-19)12-16-6-4-5-7-17(16)20(14(2)22)15(3)23/h4-7H,8-12H2,1-3H3. The zero-order chi connectivity index (χ0) is 17.0. The van der Waals surface area contributed by atoms with E-state index in [-0.39, 0.29) is 17.7 Å². The molecule has 0 spiro atoms. The molecule has 23 heavy (non-hydrogen) atoms. The van der Waals surface area contributed by atoms with E-state index in [9.17, 15) is 14.4 Å². The summed E-state index contributed by atoms with van der Waals surface area (Å²) in [6.45, 7) is 8.01. The molecule has 0 N–H and O–H groups in total. The first-order valence-corrected chi connectivity index (χ1v) is 7.77. The summed E-state index contributed by atoms with van der Waals surface area (Å²) in [5.41, 5.74) is 1.58. The van der Waals surface area contributed by atoms with Gasteiger partial charge in [0.25, 0.3) is 0 Å². The third kappa shape index (κ3) is 4.16. The van der Waals surface area contributed by atoms with Gasteiger partial charge >= 0.3 is 0 Å². The van der Waals surface area contributed by atoms with E-state index in [1.807, 2.05) is 23.1 Å². The van der Waals surface area contributed by atoms with Gasteiger partial charge in [-0.2, -0.15) is 0 Å². The molecule has 0 atom stereocenters. The van der Waals surface area contributed by atoms with Gasteiger partial charge in [-0.1, -0.05) is 18.2 Å². The summed E-state index contributed by atoms with van der Waals surface area (Å²) in [5, 5.41) is 0. The summed E-state index contributed by atoms with van der Waals surface area (Å²) < 4.78 is 0. The zero-order valence-electron chi connectivity index (χ0n) is 13.9. The fourth-order valence-corrected chi connectivity index (χ4v) is 2.89. The summed E-state index contributed by atoms with van der Waals surface area (Å²) in [7, 11) is 0. The Morgan fingerprint density at radius 2 is 1.52 bits per heavy atom. The molecule has 1 aliphatic rings.